The Morgan fingerprint density at radius 1 is 1.50 bits per heavy atom. The van der Waals surface area contributed by atoms with Gasteiger partial charge in [-0.2, -0.15) is 26.1 Å². The molecule has 0 saturated heterocycles. The molecule has 0 fully saturated rings. The number of hydrogen-bond acceptors (Lipinski definition) is 3. The van der Waals surface area contributed by atoms with Crippen molar-refractivity contribution in [2.45, 2.75) is 0 Å². The average Bonchev–Trinajstić information content (AvgIpc) is 1.65. The quantitative estimate of drug-likeness (QED) is 0.423. The Kier molecular flexibility index (Phi) is 6.70. The van der Waals surface area contributed by atoms with E-state index in [-0.39, 0.29) is 19.2 Å². The van der Waals surface area contributed by atoms with Gasteiger partial charge in [0.25, 0.3) is 0 Å². The minimum absolute atomic E-state index is 0. The van der Waals surface area contributed by atoms with Crippen LogP contribution in [0, 0.1) is 0 Å². The summed E-state index contributed by atoms with van der Waals surface area (Å²) in [5, 5.41) is 7.78. The summed E-state index contributed by atoms with van der Waals surface area (Å²) < 4.78 is 0. The summed E-state index contributed by atoms with van der Waals surface area (Å²) in [6, 6.07) is 0. The van der Waals surface area contributed by atoms with E-state index in [0.717, 1.165) is 0 Å². The van der Waals surface area contributed by atoms with Crippen molar-refractivity contribution in [2.24, 2.45) is 0 Å². The first-order valence-electron chi connectivity index (χ1n) is 1.55. The number of thiol groups is 1. The molecule has 48 valence electrons. The molecule has 0 unspecified atom stereocenters. The van der Waals surface area contributed by atoms with Crippen molar-refractivity contribution in [3.63, 3.8) is 0 Å². The van der Waals surface area contributed by atoms with Crippen LogP contribution in [0.1, 0.15) is 0 Å². The number of Topliss-reactive ketones (excluding diaryl/α,β-unsaturated/α-hetero) is 1. The summed E-state index contributed by atoms with van der Waals surface area (Å²) in [4.78, 5) is 19.4. The van der Waals surface area contributed by atoms with E-state index in [4.69, 9.17) is 5.11 Å². The van der Waals surface area contributed by atoms with Crippen molar-refractivity contribution >= 4 is 37.9 Å². The van der Waals surface area contributed by atoms with Gasteiger partial charge in [0.1, 0.15) is 0 Å². The first kappa shape index (κ1) is 10.8. The Bertz CT molecular complexity index is 101. The van der Waals surface area contributed by atoms with Crippen LogP contribution in [0.4, 0.5) is 0 Å². The van der Waals surface area contributed by atoms with Crippen LogP contribution in [-0.2, 0) is 9.59 Å². The van der Waals surface area contributed by atoms with E-state index in [9.17, 15) is 9.59 Å². The second-order valence-corrected chi connectivity index (χ2v) is 1.20. The molecule has 0 rings (SSSR count). The molecule has 0 radical (unpaired) electrons. The van der Waals surface area contributed by atoms with Crippen LogP contribution in [0.25, 0.3) is 0 Å². The van der Waals surface area contributed by atoms with Gasteiger partial charge in [-0.25, -0.2) is 4.79 Å². The Morgan fingerprint density at radius 3 is 1.88 bits per heavy atom. The normalized spacial score (nSPS) is 7.12. The first-order chi connectivity index (χ1) is 3.18. The second-order valence-electron chi connectivity index (χ2n) is 0.886. The molecule has 0 aliphatic rings. The van der Waals surface area contributed by atoms with Crippen molar-refractivity contribution in [1.82, 2.24) is 0 Å². The highest BCUT2D eigenvalue weighted by Gasteiger charge is 2.05. The van der Waals surface area contributed by atoms with Gasteiger partial charge in [0.05, 0.1) is 5.75 Å². The van der Waals surface area contributed by atoms with Crippen LogP contribution in [0.15, 0.2) is 0 Å². The van der Waals surface area contributed by atoms with Crippen LogP contribution in [0.2, 0.25) is 0 Å². The fraction of sp³-hybridized carbons (Fsp3) is 0.333. The molecule has 0 atom stereocenters. The molecule has 0 amide bonds. The highest BCUT2D eigenvalue weighted by atomic mass is 32.1. The van der Waals surface area contributed by atoms with Gasteiger partial charge in [0, 0.05) is 0 Å². The Labute approximate surface area is 58.9 Å². The molecule has 0 aliphatic carbocycles. The third-order valence-electron chi connectivity index (χ3n) is 0.382. The Balaban J connectivity index is 0. The number of hydrogen-bond donors (Lipinski definition) is 2. The van der Waals surface area contributed by atoms with E-state index in [0.29, 0.717) is 0 Å². The van der Waals surface area contributed by atoms with Crippen molar-refractivity contribution < 1.29 is 14.7 Å². The number of ketones is 1. The summed E-state index contributed by atoms with van der Waals surface area (Å²) in [6.45, 7) is 0. The number of carboxylic acid groups (broad SMARTS) is 1. The fourth-order valence-corrected chi connectivity index (χ4v) is 0.203. The number of carbonyl (C=O) groups excluding carboxylic acids is 1. The summed E-state index contributed by atoms with van der Waals surface area (Å²) in [6.07, 6.45) is 0. The lowest BCUT2D eigenvalue weighted by molar-refractivity contribution is -0.147. The standard InChI is InChI=1S/C3H4O3S.H2S/c4-2(1-7)3(5)6;/h7H,1H2,(H,5,6);1H2. The van der Waals surface area contributed by atoms with Gasteiger partial charge in [-0.1, -0.05) is 0 Å². The zero-order valence-electron chi connectivity index (χ0n) is 3.92. The average molecular weight is 154 g/mol. The highest BCUT2D eigenvalue weighted by Crippen LogP contribution is 1.75. The summed E-state index contributed by atoms with van der Waals surface area (Å²) in [5.74, 6) is -2.52. The van der Waals surface area contributed by atoms with Crippen LogP contribution in [0.5, 0.6) is 0 Å². The van der Waals surface area contributed by atoms with Gasteiger partial charge in [-0.15, -0.1) is 0 Å². The fourth-order valence-electron chi connectivity index (χ4n) is 0.0676. The van der Waals surface area contributed by atoms with E-state index in [1.165, 1.54) is 0 Å². The molecule has 8 heavy (non-hydrogen) atoms. The lowest BCUT2D eigenvalue weighted by Crippen LogP contribution is -2.12. The van der Waals surface area contributed by atoms with E-state index in [1.807, 2.05) is 0 Å². The van der Waals surface area contributed by atoms with Crippen LogP contribution in [0.3, 0.4) is 0 Å². The Morgan fingerprint density at radius 2 is 1.88 bits per heavy atom. The second kappa shape index (κ2) is 4.99. The lowest BCUT2D eigenvalue weighted by Gasteiger charge is -1.80. The van der Waals surface area contributed by atoms with Crippen LogP contribution >= 0.6 is 26.1 Å². The summed E-state index contributed by atoms with van der Waals surface area (Å²) >= 11 is 3.42. The monoisotopic (exact) mass is 154 g/mol. The lowest BCUT2D eigenvalue weighted by atomic mass is 10.5. The molecule has 0 spiro atoms. The maximum absolute atomic E-state index is 9.84. The van der Waals surface area contributed by atoms with E-state index < -0.39 is 11.8 Å². The summed E-state index contributed by atoms with van der Waals surface area (Å²) in [5.41, 5.74) is 0. The van der Waals surface area contributed by atoms with Gasteiger partial charge in [-0.3, -0.25) is 4.79 Å². The Hall–Kier alpha value is -0.160. The largest absolute Gasteiger partial charge is 0.475 e. The molecular formula is C3H6O3S2. The third-order valence-corrected chi connectivity index (χ3v) is 0.669. The first-order valence-corrected chi connectivity index (χ1v) is 2.18. The minimum Gasteiger partial charge on any atom is -0.475 e. The number of carbonyl (C=O) groups is 2. The van der Waals surface area contributed by atoms with E-state index in [2.05, 4.69) is 12.6 Å². The smallest absolute Gasteiger partial charge is 0.373 e. The molecule has 3 nitrogen and oxygen atoms in total. The molecule has 0 aliphatic heterocycles. The molecule has 0 saturated carbocycles. The minimum atomic E-state index is -1.42. The highest BCUT2D eigenvalue weighted by molar-refractivity contribution is 7.81. The molecule has 0 bridgehead atoms. The molecule has 5 heteroatoms. The van der Waals surface area contributed by atoms with Gasteiger partial charge >= 0.3 is 5.97 Å². The molecule has 0 aromatic carbocycles. The third kappa shape index (κ3) is 4.01. The maximum Gasteiger partial charge on any atom is 0.373 e. The zero-order valence-corrected chi connectivity index (χ0v) is 5.81. The molecular weight excluding hydrogens is 148 g/mol. The predicted molar refractivity (Wildman–Crippen MR) is 36.9 cm³/mol. The predicted octanol–water partition coefficient (Wildman–Crippen LogP) is -0.317. The molecule has 0 aromatic heterocycles. The van der Waals surface area contributed by atoms with Crippen molar-refractivity contribution in [3.8, 4) is 0 Å². The van der Waals surface area contributed by atoms with E-state index >= 15 is 0 Å². The van der Waals surface area contributed by atoms with Crippen molar-refractivity contribution in [3.05, 3.63) is 0 Å². The SMILES string of the molecule is O=C(O)C(=O)CS.S. The zero-order chi connectivity index (χ0) is 5.86. The number of carboxylic acids is 1. The van der Waals surface area contributed by atoms with Gasteiger partial charge in [0.15, 0.2) is 0 Å². The van der Waals surface area contributed by atoms with Crippen LogP contribution in [-0.4, -0.2) is 22.6 Å². The van der Waals surface area contributed by atoms with Crippen LogP contribution < -0.4 is 0 Å². The number of aliphatic carboxylic acids is 1. The molecule has 0 aromatic rings. The van der Waals surface area contributed by atoms with Gasteiger partial charge in [0.2, 0.25) is 5.78 Å². The molecule has 0 heterocycles. The summed E-state index contributed by atoms with van der Waals surface area (Å²) in [7, 11) is 0. The molecule has 1 N–H and O–H groups in total. The van der Waals surface area contributed by atoms with Gasteiger partial charge < -0.3 is 5.11 Å². The topological polar surface area (TPSA) is 54.4 Å². The number of rotatable bonds is 2. The maximum atomic E-state index is 9.84. The van der Waals surface area contributed by atoms with Gasteiger partial charge in [-0.05, 0) is 0 Å². The van der Waals surface area contributed by atoms with Crippen molar-refractivity contribution in [2.75, 3.05) is 5.75 Å². The van der Waals surface area contributed by atoms with Crippen molar-refractivity contribution in [1.29, 1.82) is 0 Å². The van der Waals surface area contributed by atoms with E-state index in [1.54, 1.807) is 0 Å².